The first kappa shape index (κ1) is 13.7. The topological polar surface area (TPSA) is 75.6 Å². The Morgan fingerprint density at radius 1 is 1.00 bits per heavy atom. The SMILES string of the molecule is N#Cc1c(-c2ccccn2)cc(-c2ccccc2F)nc1N. The third kappa shape index (κ3) is 2.38. The standard InChI is InChI=1S/C17H11FN4/c18-14-6-2-1-5-11(14)16-9-12(13(10-19)17(20)22-16)15-7-3-4-8-21-15/h1-9H,(H2,20,22). The Labute approximate surface area is 126 Å². The monoisotopic (exact) mass is 290 g/mol. The second kappa shape index (κ2) is 5.62. The van der Waals surface area contributed by atoms with E-state index in [0.717, 1.165) is 0 Å². The van der Waals surface area contributed by atoms with Gasteiger partial charge in [0.05, 0.1) is 11.4 Å². The number of nitrogens with zero attached hydrogens (tertiary/aromatic N) is 3. The van der Waals surface area contributed by atoms with E-state index in [1.807, 2.05) is 12.1 Å². The van der Waals surface area contributed by atoms with E-state index in [-0.39, 0.29) is 11.4 Å². The average molecular weight is 290 g/mol. The molecular formula is C17H11FN4. The van der Waals surface area contributed by atoms with E-state index in [4.69, 9.17) is 5.73 Å². The highest BCUT2D eigenvalue weighted by Crippen LogP contribution is 2.30. The van der Waals surface area contributed by atoms with Gasteiger partial charge in [-0.25, -0.2) is 9.37 Å². The molecule has 106 valence electrons. The van der Waals surface area contributed by atoms with Crippen LogP contribution in [0.15, 0.2) is 54.7 Å². The predicted molar refractivity (Wildman–Crippen MR) is 82.0 cm³/mol. The lowest BCUT2D eigenvalue weighted by molar-refractivity contribution is 0.631. The van der Waals surface area contributed by atoms with Crippen molar-refractivity contribution in [2.75, 3.05) is 5.73 Å². The molecule has 0 radical (unpaired) electrons. The fraction of sp³-hybridized carbons (Fsp3) is 0. The number of nitriles is 1. The summed E-state index contributed by atoms with van der Waals surface area (Å²) in [4.78, 5) is 8.38. The van der Waals surface area contributed by atoms with Gasteiger partial charge >= 0.3 is 0 Å². The van der Waals surface area contributed by atoms with Crippen molar-refractivity contribution < 1.29 is 4.39 Å². The number of rotatable bonds is 2. The fourth-order valence-corrected chi connectivity index (χ4v) is 2.21. The highest BCUT2D eigenvalue weighted by molar-refractivity contribution is 5.78. The van der Waals surface area contributed by atoms with Gasteiger partial charge in [-0.15, -0.1) is 0 Å². The van der Waals surface area contributed by atoms with Crippen molar-refractivity contribution >= 4 is 5.82 Å². The Bertz CT molecular complexity index is 870. The van der Waals surface area contributed by atoms with Crippen LogP contribution >= 0.6 is 0 Å². The molecule has 0 fully saturated rings. The maximum Gasteiger partial charge on any atom is 0.142 e. The highest BCUT2D eigenvalue weighted by atomic mass is 19.1. The van der Waals surface area contributed by atoms with Crippen molar-refractivity contribution in [3.63, 3.8) is 0 Å². The molecule has 0 saturated heterocycles. The number of aromatic nitrogens is 2. The van der Waals surface area contributed by atoms with Crippen molar-refractivity contribution in [2.45, 2.75) is 0 Å². The summed E-state index contributed by atoms with van der Waals surface area (Å²) < 4.78 is 14.0. The van der Waals surface area contributed by atoms with Crippen molar-refractivity contribution in [2.24, 2.45) is 0 Å². The van der Waals surface area contributed by atoms with E-state index in [0.29, 0.717) is 22.5 Å². The van der Waals surface area contributed by atoms with Gasteiger partial charge < -0.3 is 5.73 Å². The molecule has 0 aliphatic rings. The zero-order valence-electron chi connectivity index (χ0n) is 11.5. The van der Waals surface area contributed by atoms with Gasteiger partial charge in [0.2, 0.25) is 0 Å². The number of nitrogen functional groups attached to an aromatic ring is 1. The van der Waals surface area contributed by atoms with Crippen LogP contribution in [-0.2, 0) is 0 Å². The molecule has 0 atom stereocenters. The summed E-state index contributed by atoms with van der Waals surface area (Å²) >= 11 is 0. The largest absolute Gasteiger partial charge is 0.383 e. The molecule has 0 saturated carbocycles. The van der Waals surface area contributed by atoms with E-state index < -0.39 is 5.82 Å². The first-order valence-electron chi connectivity index (χ1n) is 6.57. The summed E-state index contributed by atoms with van der Waals surface area (Å²) in [6.07, 6.45) is 1.62. The van der Waals surface area contributed by atoms with Crippen molar-refractivity contribution in [1.29, 1.82) is 5.26 Å². The second-order valence-corrected chi connectivity index (χ2v) is 4.62. The molecule has 0 unspecified atom stereocenters. The van der Waals surface area contributed by atoms with Gasteiger partial charge in [0, 0.05) is 17.3 Å². The third-order valence-electron chi connectivity index (χ3n) is 3.25. The van der Waals surface area contributed by atoms with Crippen LogP contribution < -0.4 is 5.73 Å². The minimum absolute atomic E-state index is 0.0592. The fourth-order valence-electron chi connectivity index (χ4n) is 2.21. The van der Waals surface area contributed by atoms with Crippen LogP contribution in [-0.4, -0.2) is 9.97 Å². The highest BCUT2D eigenvalue weighted by Gasteiger charge is 2.15. The van der Waals surface area contributed by atoms with Gasteiger partial charge in [0.25, 0.3) is 0 Å². The van der Waals surface area contributed by atoms with E-state index in [1.165, 1.54) is 6.07 Å². The maximum atomic E-state index is 14.0. The molecule has 2 aromatic heterocycles. The Kier molecular flexibility index (Phi) is 3.50. The number of anilines is 1. The van der Waals surface area contributed by atoms with Gasteiger partial charge in [-0.1, -0.05) is 18.2 Å². The molecule has 3 rings (SSSR count). The minimum atomic E-state index is -0.397. The van der Waals surface area contributed by atoms with E-state index in [2.05, 4.69) is 9.97 Å². The minimum Gasteiger partial charge on any atom is -0.383 e. The quantitative estimate of drug-likeness (QED) is 0.784. The van der Waals surface area contributed by atoms with Gasteiger partial charge in [-0.2, -0.15) is 5.26 Å². The van der Waals surface area contributed by atoms with Crippen LogP contribution in [0.25, 0.3) is 22.5 Å². The number of halogens is 1. The first-order valence-corrected chi connectivity index (χ1v) is 6.57. The van der Waals surface area contributed by atoms with Crippen LogP contribution in [0, 0.1) is 17.1 Å². The molecule has 3 aromatic rings. The summed E-state index contributed by atoms with van der Waals surface area (Å²) in [7, 11) is 0. The van der Waals surface area contributed by atoms with Crippen LogP contribution in [0.5, 0.6) is 0 Å². The van der Waals surface area contributed by atoms with Crippen LogP contribution in [0.1, 0.15) is 5.56 Å². The molecular weight excluding hydrogens is 279 g/mol. The van der Waals surface area contributed by atoms with Crippen molar-refractivity contribution in [1.82, 2.24) is 9.97 Å². The normalized spacial score (nSPS) is 10.2. The summed E-state index contributed by atoms with van der Waals surface area (Å²) in [5.41, 5.74) is 7.93. The van der Waals surface area contributed by atoms with Crippen LogP contribution in [0.4, 0.5) is 10.2 Å². The lowest BCUT2D eigenvalue weighted by Gasteiger charge is -2.10. The number of benzene rings is 1. The van der Waals surface area contributed by atoms with Crippen LogP contribution in [0.3, 0.4) is 0 Å². The second-order valence-electron chi connectivity index (χ2n) is 4.62. The predicted octanol–water partition coefficient (Wildman–Crippen LogP) is 3.40. The Balaban J connectivity index is 2.27. The van der Waals surface area contributed by atoms with Gasteiger partial charge in [0.1, 0.15) is 23.3 Å². The number of pyridine rings is 2. The zero-order valence-corrected chi connectivity index (χ0v) is 11.5. The zero-order chi connectivity index (χ0) is 15.5. The molecule has 4 nitrogen and oxygen atoms in total. The molecule has 0 amide bonds. The Morgan fingerprint density at radius 3 is 2.45 bits per heavy atom. The lowest BCUT2D eigenvalue weighted by Crippen LogP contribution is -2.01. The summed E-state index contributed by atoms with van der Waals surface area (Å²) in [5.74, 6) is -0.338. The molecule has 22 heavy (non-hydrogen) atoms. The summed E-state index contributed by atoms with van der Waals surface area (Å²) in [5, 5.41) is 9.30. The summed E-state index contributed by atoms with van der Waals surface area (Å²) in [6.45, 7) is 0. The Morgan fingerprint density at radius 2 is 1.77 bits per heavy atom. The van der Waals surface area contributed by atoms with Crippen molar-refractivity contribution in [3.8, 4) is 28.6 Å². The van der Waals surface area contributed by atoms with E-state index in [1.54, 1.807) is 42.6 Å². The first-order chi connectivity index (χ1) is 10.7. The third-order valence-corrected chi connectivity index (χ3v) is 3.25. The molecule has 0 spiro atoms. The summed E-state index contributed by atoms with van der Waals surface area (Å²) in [6, 6.07) is 15.3. The van der Waals surface area contributed by atoms with E-state index in [9.17, 15) is 9.65 Å². The molecule has 0 aliphatic heterocycles. The smallest absolute Gasteiger partial charge is 0.142 e. The van der Waals surface area contributed by atoms with Gasteiger partial charge in [-0.3, -0.25) is 4.98 Å². The molecule has 0 aliphatic carbocycles. The lowest BCUT2D eigenvalue weighted by atomic mass is 10.0. The number of hydrogen-bond donors (Lipinski definition) is 1. The molecule has 2 N–H and O–H groups in total. The van der Waals surface area contributed by atoms with Crippen LogP contribution in [0.2, 0.25) is 0 Å². The van der Waals surface area contributed by atoms with Crippen molar-refractivity contribution in [3.05, 3.63) is 66.1 Å². The maximum absolute atomic E-state index is 14.0. The molecule has 1 aromatic carbocycles. The molecule has 5 heteroatoms. The number of nitrogens with two attached hydrogens (primary N) is 1. The molecule has 0 bridgehead atoms. The number of hydrogen-bond acceptors (Lipinski definition) is 4. The Hall–Kier alpha value is -3.26. The van der Waals surface area contributed by atoms with Gasteiger partial charge in [0.15, 0.2) is 0 Å². The average Bonchev–Trinajstić information content (AvgIpc) is 2.55. The van der Waals surface area contributed by atoms with E-state index >= 15 is 0 Å². The van der Waals surface area contributed by atoms with Gasteiger partial charge in [-0.05, 0) is 30.3 Å². The molecule has 2 heterocycles.